The normalized spacial score (nSPS) is 14.5. The van der Waals surface area contributed by atoms with Crippen molar-refractivity contribution >= 4 is 23.3 Å². The van der Waals surface area contributed by atoms with Crippen LogP contribution in [-0.4, -0.2) is 50.4 Å². The maximum Gasteiger partial charge on any atom is 0.319 e. The second-order valence-corrected chi connectivity index (χ2v) is 7.15. The van der Waals surface area contributed by atoms with Crippen molar-refractivity contribution in [3.63, 3.8) is 0 Å². The Bertz CT molecular complexity index is 794. The van der Waals surface area contributed by atoms with Crippen molar-refractivity contribution in [2.75, 3.05) is 44.8 Å². The van der Waals surface area contributed by atoms with Gasteiger partial charge in [0.15, 0.2) is 0 Å². The van der Waals surface area contributed by atoms with Gasteiger partial charge in [0.1, 0.15) is 12.4 Å². The smallest absolute Gasteiger partial charge is 0.319 e. The lowest BCUT2D eigenvalue weighted by Crippen LogP contribution is -2.38. The molecule has 0 saturated carbocycles. The first-order valence-electron chi connectivity index (χ1n) is 9.43. The summed E-state index contributed by atoms with van der Waals surface area (Å²) in [5.74, 6) is 0.807. The molecular formula is C21H26ClN3O3. The fraction of sp³-hybridized carbons (Fsp3) is 0.381. The summed E-state index contributed by atoms with van der Waals surface area (Å²) in [7, 11) is 0. The van der Waals surface area contributed by atoms with E-state index in [1.54, 1.807) is 12.1 Å². The third-order valence-corrected chi connectivity index (χ3v) is 4.80. The first-order chi connectivity index (χ1) is 13.6. The Morgan fingerprint density at radius 3 is 2.82 bits per heavy atom. The summed E-state index contributed by atoms with van der Waals surface area (Å²) < 4.78 is 11.2. The van der Waals surface area contributed by atoms with E-state index < -0.39 is 0 Å². The van der Waals surface area contributed by atoms with E-state index in [1.807, 2.05) is 37.3 Å². The van der Waals surface area contributed by atoms with Crippen LogP contribution in [-0.2, 0) is 11.3 Å². The summed E-state index contributed by atoms with van der Waals surface area (Å²) in [6.07, 6.45) is 0. The van der Waals surface area contributed by atoms with E-state index in [0.29, 0.717) is 18.2 Å². The second kappa shape index (κ2) is 10.3. The van der Waals surface area contributed by atoms with Gasteiger partial charge in [0.05, 0.1) is 13.2 Å². The molecule has 1 heterocycles. The lowest BCUT2D eigenvalue weighted by molar-refractivity contribution is 0.0322. The number of benzene rings is 2. The number of nitrogens with zero attached hydrogens (tertiary/aromatic N) is 1. The summed E-state index contributed by atoms with van der Waals surface area (Å²) in [6.45, 7) is 7.32. The average molecular weight is 404 g/mol. The molecule has 2 aromatic carbocycles. The van der Waals surface area contributed by atoms with Crippen LogP contribution in [0.15, 0.2) is 42.5 Å². The molecule has 1 aliphatic rings. The minimum absolute atomic E-state index is 0.260. The number of carbonyl (C=O) groups excluding carboxylic acids is 1. The van der Waals surface area contributed by atoms with Crippen LogP contribution in [0.2, 0.25) is 5.02 Å². The molecule has 0 aliphatic carbocycles. The number of carbonyl (C=O) groups is 1. The van der Waals surface area contributed by atoms with E-state index in [-0.39, 0.29) is 6.03 Å². The SMILES string of the molecule is Cc1cc(Cl)ccc1NC(=O)NCc1cccc(OCCN2CCOCC2)c1. The lowest BCUT2D eigenvalue weighted by atomic mass is 10.2. The minimum Gasteiger partial charge on any atom is -0.492 e. The van der Waals surface area contributed by atoms with E-state index >= 15 is 0 Å². The Kier molecular flexibility index (Phi) is 7.54. The molecule has 1 fully saturated rings. The van der Waals surface area contributed by atoms with Crippen molar-refractivity contribution in [2.45, 2.75) is 13.5 Å². The molecule has 0 atom stereocenters. The first-order valence-corrected chi connectivity index (χ1v) is 9.81. The molecule has 0 bridgehead atoms. The van der Waals surface area contributed by atoms with E-state index in [1.165, 1.54) is 0 Å². The number of morpholine rings is 1. The van der Waals surface area contributed by atoms with Crippen LogP contribution in [0.25, 0.3) is 0 Å². The molecule has 28 heavy (non-hydrogen) atoms. The van der Waals surface area contributed by atoms with Crippen molar-refractivity contribution in [1.29, 1.82) is 0 Å². The lowest BCUT2D eigenvalue weighted by Gasteiger charge is -2.26. The molecule has 1 saturated heterocycles. The van der Waals surface area contributed by atoms with Crippen LogP contribution < -0.4 is 15.4 Å². The van der Waals surface area contributed by atoms with Crippen molar-refractivity contribution in [3.8, 4) is 5.75 Å². The Balaban J connectivity index is 1.44. The van der Waals surface area contributed by atoms with E-state index in [4.69, 9.17) is 21.1 Å². The third-order valence-electron chi connectivity index (χ3n) is 4.57. The number of aryl methyl sites for hydroxylation is 1. The van der Waals surface area contributed by atoms with Crippen molar-refractivity contribution < 1.29 is 14.3 Å². The number of amides is 2. The van der Waals surface area contributed by atoms with Gasteiger partial charge in [-0.1, -0.05) is 23.7 Å². The molecule has 2 aromatic rings. The fourth-order valence-corrected chi connectivity index (χ4v) is 3.21. The molecule has 2 amide bonds. The Hall–Kier alpha value is -2.28. The largest absolute Gasteiger partial charge is 0.492 e. The predicted molar refractivity (Wildman–Crippen MR) is 111 cm³/mol. The van der Waals surface area contributed by atoms with E-state index in [2.05, 4.69) is 15.5 Å². The van der Waals surface area contributed by atoms with Gasteiger partial charge in [0.25, 0.3) is 0 Å². The van der Waals surface area contributed by atoms with Crippen LogP contribution in [0.5, 0.6) is 5.75 Å². The van der Waals surface area contributed by atoms with Crippen LogP contribution in [0.1, 0.15) is 11.1 Å². The molecule has 0 spiro atoms. The summed E-state index contributed by atoms with van der Waals surface area (Å²) in [6, 6.07) is 12.9. The van der Waals surface area contributed by atoms with Gasteiger partial charge in [-0.15, -0.1) is 0 Å². The highest BCUT2D eigenvalue weighted by molar-refractivity contribution is 6.30. The van der Waals surface area contributed by atoms with Crippen LogP contribution in [0.3, 0.4) is 0 Å². The molecule has 6 nitrogen and oxygen atoms in total. The van der Waals surface area contributed by atoms with Gasteiger partial charge in [-0.05, 0) is 48.4 Å². The number of hydrogen-bond donors (Lipinski definition) is 2. The highest BCUT2D eigenvalue weighted by Crippen LogP contribution is 2.19. The summed E-state index contributed by atoms with van der Waals surface area (Å²) in [4.78, 5) is 14.5. The van der Waals surface area contributed by atoms with Gasteiger partial charge in [-0.3, -0.25) is 4.90 Å². The predicted octanol–water partition coefficient (Wildman–Crippen LogP) is 3.68. The minimum atomic E-state index is -0.260. The molecule has 0 unspecified atom stereocenters. The molecular weight excluding hydrogens is 378 g/mol. The quantitative estimate of drug-likeness (QED) is 0.740. The van der Waals surface area contributed by atoms with Crippen LogP contribution >= 0.6 is 11.6 Å². The third kappa shape index (κ3) is 6.41. The number of rotatable bonds is 7. The van der Waals surface area contributed by atoms with Gasteiger partial charge in [0, 0.05) is 36.9 Å². The second-order valence-electron chi connectivity index (χ2n) is 6.72. The fourth-order valence-electron chi connectivity index (χ4n) is 2.98. The monoisotopic (exact) mass is 403 g/mol. The zero-order valence-corrected chi connectivity index (χ0v) is 16.8. The van der Waals surface area contributed by atoms with Crippen molar-refractivity contribution in [3.05, 3.63) is 58.6 Å². The summed E-state index contributed by atoms with van der Waals surface area (Å²) in [5, 5.41) is 6.35. The summed E-state index contributed by atoms with van der Waals surface area (Å²) >= 11 is 5.94. The number of anilines is 1. The molecule has 150 valence electrons. The summed E-state index contributed by atoms with van der Waals surface area (Å²) in [5.41, 5.74) is 2.63. The van der Waals surface area contributed by atoms with Gasteiger partial charge < -0.3 is 20.1 Å². The maximum atomic E-state index is 12.2. The highest BCUT2D eigenvalue weighted by atomic mass is 35.5. The van der Waals surface area contributed by atoms with Gasteiger partial charge in [-0.2, -0.15) is 0 Å². The highest BCUT2D eigenvalue weighted by Gasteiger charge is 2.10. The first kappa shape index (κ1) is 20.5. The zero-order valence-electron chi connectivity index (χ0n) is 16.0. The maximum absolute atomic E-state index is 12.2. The van der Waals surface area contributed by atoms with Gasteiger partial charge in [-0.25, -0.2) is 4.79 Å². The van der Waals surface area contributed by atoms with Crippen molar-refractivity contribution in [1.82, 2.24) is 10.2 Å². The van der Waals surface area contributed by atoms with Crippen molar-refractivity contribution in [2.24, 2.45) is 0 Å². The van der Waals surface area contributed by atoms with Crippen LogP contribution in [0.4, 0.5) is 10.5 Å². The Morgan fingerprint density at radius 1 is 1.21 bits per heavy atom. The number of halogens is 1. The molecule has 1 aliphatic heterocycles. The van der Waals surface area contributed by atoms with E-state index in [0.717, 1.165) is 55.4 Å². The molecule has 7 heteroatoms. The number of nitrogens with one attached hydrogen (secondary N) is 2. The van der Waals surface area contributed by atoms with Gasteiger partial charge >= 0.3 is 6.03 Å². The van der Waals surface area contributed by atoms with E-state index in [9.17, 15) is 4.79 Å². The zero-order chi connectivity index (χ0) is 19.8. The standard InChI is InChI=1S/C21H26ClN3O3/c1-16-13-18(22)5-6-20(16)24-21(26)23-15-17-3-2-4-19(14-17)28-12-9-25-7-10-27-11-8-25/h2-6,13-14H,7-12,15H2,1H3,(H2,23,24,26). The number of urea groups is 1. The Labute approximate surface area is 170 Å². The molecule has 0 radical (unpaired) electrons. The number of ether oxygens (including phenoxy) is 2. The van der Waals surface area contributed by atoms with Crippen LogP contribution in [0, 0.1) is 6.92 Å². The average Bonchev–Trinajstić information content (AvgIpc) is 2.70. The number of hydrogen-bond acceptors (Lipinski definition) is 4. The Morgan fingerprint density at radius 2 is 2.04 bits per heavy atom. The molecule has 3 rings (SSSR count). The van der Waals surface area contributed by atoms with Gasteiger partial charge in [0.2, 0.25) is 0 Å². The topological polar surface area (TPSA) is 62.8 Å². The molecule has 2 N–H and O–H groups in total. The molecule has 0 aromatic heterocycles.